The van der Waals surface area contributed by atoms with Gasteiger partial charge in [0.05, 0.1) is 11.1 Å². The molecular formula is C29H30BrN3O3S. The summed E-state index contributed by atoms with van der Waals surface area (Å²) >= 11 is 8.83. The van der Waals surface area contributed by atoms with Gasteiger partial charge in [-0.2, -0.15) is 0 Å². The van der Waals surface area contributed by atoms with Crippen LogP contribution in [0.4, 0.5) is 11.4 Å². The number of amides is 2. The Morgan fingerprint density at radius 2 is 1.62 bits per heavy atom. The van der Waals surface area contributed by atoms with Crippen molar-refractivity contribution in [2.75, 3.05) is 17.2 Å². The molecule has 0 unspecified atom stereocenters. The molecule has 1 saturated carbocycles. The standard InChI is InChI=1S/C29H30BrN3O3S/c30-25-18-22(14-15-26(25)36-17-16-20-8-3-1-4-9-20)28(35)33-29(37)32-24-13-7-12-23(19-24)31-27(34)21-10-5-2-6-11-21/h1,3-4,7-9,12-15,18-19,21H,2,5-6,10-11,16-17H2,(H,31,34)(H2,32,33,35,37). The predicted molar refractivity (Wildman–Crippen MR) is 155 cm³/mol. The highest BCUT2D eigenvalue weighted by molar-refractivity contribution is 9.10. The van der Waals surface area contributed by atoms with E-state index in [0.29, 0.717) is 33.8 Å². The second kappa shape index (κ2) is 13.4. The van der Waals surface area contributed by atoms with E-state index in [1.54, 1.807) is 24.3 Å². The lowest BCUT2D eigenvalue weighted by atomic mass is 9.88. The van der Waals surface area contributed by atoms with E-state index < -0.39 is 0 Å². The molecule has 0 aliphatic heterocycles. The second-order valence-corrected chi connectivity index (χ2v) is 10.3. The molecule has 1 aliphatic rings. The third kappa shape index (κ3) is 8.13. The van der Waals surface area contributed by atoms with Gasteiger partial charge in [0.15, 0.2) is 5.11 Å². The number of ether oxygens (including phenoxy) is 1. The van der Waals surface area contributed by atoms with Crippen LogP contribution in [0.25, 0.3) is 0 Å². The molecule has 0 atom stereocenters. The molecule has 0 bridgehead atoms. The lowest BCUT2D eigenvalue weighted by Gasteiger charge is -2.21. The van der Waals surface area contributed by atoms with Crippen molar-refractivity contribution in [1.82, 2.24) is 5.32 Å². The molecule has 192 valence electrons. The summed E-state index contributed by atoms with van der Waals surface area (Å²) in [4.78, 5) is 25.3. The minimum Gasteiger partial charge on any atom is -0.492 e. The summed E-state index contributed by atoms with van der Waals surface area (Å²) in [6.45, 7) is 0.530. The average molecular weight is 581 g/mol. The number of hydrogen-bond donors (Lipinski definition) is 3. The molecule has 37 heavy (non-hydrogen) atoms. The van der Waals surface area contributed by atoms with Crippen LogP contribution in [0.1, 0.15) is 48.0 Å². The monoisotopic (exact) mass is 579 g/mol. The molecular weight excluding hydrogens is 550 g/mol. The van der Waals surface area contributed by atoms with Crippen molar-refractivity contribution in [3.8, 4) is 5.75 Å². The summed E-state index contributed by atoms with van der Waals surface area (Å²) in [6.07, 6.45) is 6.09. The van der Waals surface area contributed by atoms with Crippen LogP contribution in [-0.2, 0) is 11.2 Å². The number of carbonyl (C=O) groups excluding carboxylic acids is 2. The number of nitrogens with one attached hydrogen (secondary N) is 3. The fourth-order valence-corrected chi connectivity index (χ4v) is 5.01. The maximum absolute atomic E-state index is 12.7. The van der Waals surface area contributed by atoms with Crippen molar-refractivity contribution in [3.05, 3.63) is 88.4 Å². The SMILES string of the molecule is O=C(NC(=S)Nc1cccc(NC(=O)C2CCCCC2)c1)c1ccc(OCCc2ccccc2)c(Br)c1. The Balaban J connectivity index is 1.27. The van der Waals surface area contributed by atoms with Gasteiger partial charge < -0.3 is 15.4 Å². The molecule has 4 rings (SSSR count). The molecule has 0 spiro atoms. The van der Waals surface area contributed by atoms with Crippen molar-refractivity contribution < 1.29 is 14.3 Å². The van der Waals surface area contributed by atoms with E-state index >= 15 is 0 Å². The maximum Gasteiger partial charge on any atom is 0.257 e. The Labute approximate surface area is 231 Å². The highest BCUT2D eigenvalue weighted by Crippen LogP contribution is 2.27. The van der Waals surface area contributed by atoms with Gasteiger partial charge in [0, 0.05) is 29.3 Å². The lowest BCUT2D eigenvalue weighted by Crippen LogP contribution is -2.34. The molecule has 0 saturated heterocycles. The van der Waals surface area contributed by atoms with Crippen molar-refractivity contribution in [1.29, 1.82) is 0 Å². The van der Waals surface area contributed by atoms with E-state index in [9.17, 15) is 9.59 Å². The van der Waals surface area contributed by atoms with Crippen LogP contribution >= 0.6 is 28.1 Å². The first-order valence-corrected chi connectivity index (χ1v) is 13.7. The molecule has 0 radical (unpaired) electrons. The number of anilines is 2. The van der Waals surface area contributed by atoms with Crippen LogP contribution in [0.2, 0.25) is 0 Å². The predicted octanol–water partition coefficient (Wildman–Crippen LogP) is 6.72. The Hall–Kier alpha value is -3.23. The van der Waals surface area contributed by atoms with Gasteiger partial charge in [-0.3, -0.25) is 14.9 Å². The van der Waals surface area contributed by atoms with E-state index in [1.165, 1.54) is 12.0 Å². The van der Waals surface area contributed by atoms with E-state index in [-0.39, 0.29) is 22.8 Å². The van der Waals surface area contributed by atoms with E-state index in [0.717, 1.165) is 32.1 Å². The minimum absolute atomic E-state index is 0.0609. The van der Waals surface area contributed by atoms with Gasteiger partial charge in [0.2, 0.25) is 5.91 Å². The molecule has 1 fully saturated rings. The quantitative estimate of drug-likeness (QED) is 0.258. The van der Waals surface area contributed by atoms with E-state index in [1.807, 2.05) is 36.4 Å². The summed E-state index contributed by atoms with van der Waals surface area (Å²) in [5.41, 5.74) is 3.02. The lowest BCUT2D eigenvalue weighted by molar-refractivity contribution is -0.120. The first-order valence-electron chi connectivity index (χ1n) is 12.5. The number of benzene rings is 3. The molecule has 0 heterocycles. The Bertz CT molecular complexity index is 1250. The number of halogens is 1. The minimum atomic E-state index is -0.337. The topological polar surface area (TPSA) is 79.5 Å². The second-order valence-electron chi connectivity index (χ2n) is 9.04. The third-order valence-electron chi connectivity index (χ3n) is 6.28. The third-order valence-corrected chi connectivity index (χ3v) is 7.10. The van der Waals surface area contributed by atoms with Gasteiger partial charge >= 0.3 is 0 Å². The van der Waals surface area contributed by atoms with Crippen LogP contribution < -0.4 is 20.7 Å². The highest BCUT2D eigenvalue weighted by Gasteiger charge is 2.21. The van der Waals surface area contributed by atoms with Crippen LogP contribution in [-0.4, -0.2) is 23.5 Å². The zero-order valence-corrected chi connectivity index (χ0v) is 22.9. The summed E-state index contributed by atoms with van der Waals surface area (Å²) in [5, 5.41) is 8.88. The van der Waals surface area contributed by atoms with Gasteiger partial charge in [-0.15, -0.1) is 0 Å². The largest absolute Gasteiger partial charge is 0.492 e. The smallest absolute Gasteiger partial charge is 0.257 e. The molecule has 3 N–H and O–H groups in total. The van der Waals surface area contributed by atoms with Crippen molar-refractivity contribution >= 4 is 56.4 Å². The van der Waals surface area contributed by atoms with Crippen LogP contribution in [0.3, 0.4) is 0 Å². The molecule has 6 nitrogen and oxygen atoms in total. The molecule has 2 amide bonds. The Morgan fingerprint density at radius 3 is 2.35 bits per heavy atom. The van der Waals surface area contributed by atoms with Crippen LogP contribution in [0, 0.1) is 5.92 Å². The highest BCUT2D eigenvalue weighted by atomic mass is 79.9. The van der Waals surface area contributed by atoms with Crippen LogP contribution in [0.15, 0.2) is 77.3 Å². The maximum atomic E-state index is 12.7. The van der Waals surface area contributed by atoms with Crippen molar-refractivity contribution in [2.45, 2.75) is 38.5 Å². The van der Waals surface area contributed by atoms with Gasteiger partial charge in [-0.1, -0.05) is 55.7 Å². The average Bonchev–Trinajstić information content (AvgIpc) is 2.90. The number of thiocarbonyl (C=S) groups is 1. The number of rotatable bonds is 8. The van der Waals surface area contributed by atoms with Gasteiger partial charge in [0.25, 0.3) is 5.91 Å². The number of carbonyl (C=O) groups is 2. The first kappa shape index (κ1) is 26.8. The summed E-state index contributed by atoms with van der Waals surface area (Å²) < 4.78 is 6.55. The first-order chi connectivity index (χ1) is 18.0. The Kier molecular flexibility index (Phi) is 9.68. The molecule has 0 aromatic heterocycles. The fourth-order valence-electron chi connectivity index (χ4n) is 4.30. The molecule has 3 aromatic rings. The summed E-state index contributed by atoms with van der Waals surface area (Å²) in [5.74, 6) is 0.465. The van der Waals surface area contributed by atoms with E-state index in [4.69, 9.17) is 17.0 Å². The van der Waals surface area contributed by atoms with Gasteiger partial charge in [-0.05, 0) is 83.0 Å². The fraction of sp³-hybridized carbons (Fsp3) is 0.276. The van der Waals surface area contributed by atoms with Crippen molar-refractivity contribution in [3.63, 3.8) is 0 Å². The molecule has 3 aromatic carbocycles. The molecule has 1 aliphatic carbocycles. The zero-order valence-electron chi connectivity index (χ0n) is 20.5. The van der Waals surface area contributed by atoms with Gasteiger partial charge in [0.1, 0.15) is 5.75 Å². The van der Waals surface area contributed by atoms with Crippen molar-refractivity contribution in [2.24, 2.45) is 5.92 Å². The van der Waals surface area contributed by atoms with E-state index in [2.05, 4.69) is 44.0 Å². The normalized spacial score (nSPS) is 13.4. The Morgan fingerprint density at radius 1 is 0.892 bits per heavy atom. The summed E-state index contributed by atoms with van der Waals surface area (Å²) in [7, 11) is 0. The van der Waals surface area contributed by atoms with Gasteiger partial charge in [-0.25, -0.2) is 0 Å². The zero-order chi connectivity index (χ0) is 26.0. The summed E-state index contributed by atoms with van der Waals surface area (Å²) in [6, 6.07) is 22.6. The van der Waals surface area contributed by atoms with Crippen LogP contribution in [0.5, 0.6) is 5.75 Å². The molecule has 8 heteroatoms. The number of hydrogen-bond acceptors (Lipinski definition) is 4.